The van der Waals surface area contributed by atoms with Crippen molar-refractivity contribution in [2.75, 3.05) is 12.0 Å². The molecule has 2 aliphatic rings. The number of carboxylic acid groups (broad SMARTS) is 1. The minimum absolute atomic E-state index is 0.0410. The van der Waals surface area contributed by atoms with Gasteiger partial charge in [0.1, 0.15) is 9.84 Å². The van der Waals surface area contributed by atoms with Crippen molar-refractivity contribution in [1.82, 2.24) is 5.32 Å². The number of hydrogen-bond acceptors (Lipinski definition) is 4. The Kier molecular flexibility index (Phi) is 3.83. The van der Waals surface area contributed by atoms with Crippen LogP contribution < -0.4 is 5.32 Å². The molecule has 0 saturated heterocycles. The summed E-state index contributed by atoms with van der Waals surface area (Å²) in [5.74, 6) is -1.09. The largest absolute Gasteiger partial charge is 0.481 e. The Balaban J connectivity index is 1.91. The topological polar surface area (TPSA) is 101 Å². The monoisotopic (exact) mass is 303 g/mol. The molecule has 2 N–H and O–H groups in total. The van der Waals surface area contributed by atoms with Gasteiger partial charge in [0, 0.05) is 12.7 Å². The Morgan fingerprint density at radius 2 is 1.75 bits per heavy atom. The molecular weight excluding hydrogens is 282 g/mol. The number of nitrogens with one attached hydrogen (secondary N) is 1. The van der Waals surface area contributed by atoms with Crippen molar-refractivity contribution in [2.45, 2.75) is 50.5 Å². The van der Waals surface area contributed by atoms with Gasteiger partial charge in [-0.2, -0.15) is 0 Å². The molecule has 20 heavy (non-hydrogen) atoms. The van der Waals surface area contributed by atoms with E-state index in [1.165, 1.54) is 6.26 Å². The summed E-state index contributed by atoms with van der Waals surface area (Å²) < 4.78 is 22.7. The van der Waals surface area contributed by atoms with Gasteiger partial charge in [0.2, 0.25) is 5.91 Å². The van der Waals surface area contributed by atoms with Crippen LogP contribution in [0.1, 0.15) is 44.9 Å². The summed E-state index contributed by atoms with van der Waals surface area (Å²) in [4.78, 5) is 22.9. The average molecular weight is 303 g/mol. The van der Waals surface area contributed by atoms with E-state index < -0.39 is 26.8 Å². The first-order valence-electron chi connectivity index (χ1n) is 6.84. The van der Waals surface area contributed by atoms with E-state index >= 15 is 0 Å². The van der Waals surface area contributed by atoms with E-state index in [1.807, 2.05) is 0 Å². The van der Waals surface area contributed by atoms with Gasteiger partial charge in [0.25, 0.3) is 0 Å². The lowest BCUT2D eigenvalue weighted by atomic mass is 9.74. The van der Waals surface area contributed by atoms with Crippen LogP contribution in [0.3, 0.4) is 0 Å². The third kappa shape index (κ3) is 3.94. The summed E-state index contributed by atoms with van der Waals surface area (Å²) in [6, 6.07) is 0. The maximum atomic E-state index is 12.1. The highest BCUT2D eigenvalue weighted by Gasteiger charge is 2.48. The molecule has 2 saturated carbocycles. The number of amides is 1. The van der Waals surface area contributed by atoms with Crippen LogP contribution in [0.2, 0.25) is 0 Å². The van der Waals surface area contributed by atoms with Crippen LogP contribution in [0, 0.1) is 5.41 Å². The molecular formula is C13H21NO5S. The van der Waals surface area contributed by atoms with E-state index in [-0.39, 0.29) is 24.5 Å². The van der Waals surface area contributed by atoms with Crippen LogP contribution in [-0.2, 0) is 19.4 Å². The van der Waals surface area contributed by atoms with Crippen molar-refractivity contribution in [1.29, 1.82) is 0 Å². The van der Waals surface area contributed by atoms with E-state index in [0.717, 1.165) is 19.3 Å². The summed E-state index contributed by atoms with van der Waals surface area (Å²) in [6.45, 7) is 0. The highest BCUT2D eigenvalue weighted by Crippen LogP contribution is 2.50. The normalized spacial score (nSPS) is 22.6. The third-order valence-corrected chi connectivity index (χ3v) is 5.40. The average Bonchev–Trinajstić information content (AvgIpc) is 2.90. The fourth-order valence-corrected chi connectivity index (χ4v) is 4.53. The number of carbonyl (C=O) groups is 2. The van der Waals surface area contributed by atoms with Gasteiger partial charge in [0.15, 0.2) is 0 Å². The Bertz CT molecular complexity index is 517. The zero-order chi connectivity index (χ0) is 15.0. The fourth-order valence-electron chi connectivity index (χ4n) is 3.02. The van der Waals surface area contributed by atoms with Crippen molar-refractivity contribution in [3.8, 4) is 0 Å². The van der Waals surface area contributed by atoms with Crippen molar-refractivity contribution in [2.24, 2.45) is 5.41 Å². The molecule has 0 atom stereocenters. The lowest BCUT2D eigenvalue weighted by Gasteiger charge is -2.41. The Morgan fingerprint density at radius 3 is 2.10 bits per heavy atom. The molecule has 114 valence electrons. The SMILES string of the molecule is CS(=O)(=O)CC1(CC(=O)NC2(CC(=O)O)CCC2)CC1. The van der Waals surface area contributed by atoms with Crippen molar-refractivity contribution >= 4 is 21.7 Å². The second-order valence-corrected chi connectivity index (χ2v) is 8.64. The summed E-state index contributed by atoms with van der Waals surface area (Å²) in [5, 5.41) is 11.7. The van der Waals surface area contributed by atoms with Crippen LogP contribution in [0.5, 0.6) is 0 Å². The molecule has 0 aliphatic heterocycles. The first kappa shape index (κ1) is 15.3. The summed E-state index contributed by atoms with van der Waals surface area (Å²) in [7, 11) is -3.09. The number of carboxylic acids is 1. The van der Waals surface area contributed by atoms with Gasteiger partial charge < -0.3 is 10.4 Å². The number of carbonyl (C=O) groups excluding carboxylic acids is 1. The molecule has 2 aliphatic carbocycles. The lowest BCUT2D eigenvalue weighted by molar-refractivity contribution is -0.140. The van der Waals surface area contributed by atoms with Crippen LogP contribution in [0.25, 0.3) is 0 Å². The van der Waals surface area contributed by atoms with E-state index in [4.69, 9.17) is 5.11 Å². The molecule has 0 radical (unpaired) electrons. The minimum atomic E-state index is -3.09. The van der Waals surface area contributed by atoms with Gasteiger partial charge in [-0.1, -0.05) is 0 Å². The van der Waals surface area contributed by atoms with E-state index in [2.05, 4.69) is 5.32 Å². The predicted octanol–water partition coefficient (Wildman–Crippen LogP) is 0.715. The van der Waals surface area contributed by atoms with Crippen molar-refractivity contribution in [3.05, 3.63) is 0 Å². The van der Waals surface area contributed by atoms with Crippen LogP contribution in [-0.4, -0.2) is 42.9 Å². The fraction of sp³-hybridized carbons (Fsp3) is 0.846. The summed E-state index contributed by atoms with van der Waals surface area (Å²) in [6.07, 6.45) is 5.09. The molecule has 2 rings (SSSR count). The quantitative estimate of drug-likeness (QED) is 0.721. The number of hydrogen-bond donors (Lipinski definition) is 2. The molecule has 0 aromatic heterocycles. The van der Waals surface area contributed by atoms with Gasteiger partial charge in [-0.3, -0.25) is 9.59 Å². The number of sulfone groups is 1. The molecule has 0 spiro atoms. The molecule has 0 aromatic carbocycles. The van der Waals surface area contributed by atoms with E-state index in [9.17, 15) is 18.0 Å². The van der Waals surface area contributed by atoms with Crippen LogP contribution >= 0.6 is 0 Å². The second kappa shape index (κ2) is 5.02. The maximum absolute atomic E-state index is 12.1. The minimum Gasteiger partial charge on any atom is -0.481 e. The molecule has 0 heterocycles. The summed E-state index contributed by atoms with van der Waals surface area (Å²) in [5.41, 5.74) is -1.02. The molecule has 0 bridgehead atoms. The van der Waals surface area contributed by atoms with E-state index in [0.29, 0.717) is 12.8 Å². The van der Waals surface area contributed by atoms with Crippen molar-refractivity contribution < 1.29 is 23.1 Å². The Hall–Kier alpha value is -1.11. The highest BCUT2D eigenvalue weighted by atomic mass is 32.2. The van der Waals surface area contributed by atoms with Gasteiger partial charge in [-0.05, 0) is 37.5 Å². The first-order chi connectivity index (χ1) is 9.14. The zero-order valence-corrected chi connectivity index (χ0v) is 12.5. The maximum Gasteiger partial charge on any atom is 0.305 e. The second-order valence-electron chi connectivity index (χ2n) is 6.50. The molecule has 0 unspecified atom stereocenters. The molecule has 7 heteroatoms. The Labute approximate surface area is 118 Å². The summed E-state index contributed by atoms with van der Waals surface area (Å²) >= 11 is 0. The molecule has 2 fully saturated rings. The molecule has 1 amide bonds. The Morgan fingerprint density at radius 1 is 1.15 bits per heavy atom. The zero-order valence-electron chi connectivity index (χ0n) is 11.6. The highest BCUT2D eigenvalue weighted by molar-refractivity contribution is 7.90. The standard InChI is InChI=1S/C13H21NO5S/c1-20(18,19)9-12(5-6-12)7-10(15)14-13(3-2-4-13)8-11(16)17/h2-9H2,1H3,(H,14,15)(H,16,17). The third-order valence-electron chi connectivity index (χ3n) is 4.27. The van der Waals surface area contributed by atoms with Gasteiger partial charge in [0.05, 0.1) is 17.7 Å². The first-order valence-corrected chi connectivity index (χ1v) is 8.90. The molecule has 6 nitrogen and oxygen atoms in total. The predicted molar refractivity (Wildman–Crippen MR) is 73.0 cm³/mol. The van der Waals surface area contributed by atoms with Gasteiger partial charge in [-0.15, -0.1) is 0 Å². The number of aliphatic carboxylic acids is 1. The lowest BCUT2D eigenvalue weighted by Crippen LogP contribution is -2.55. The smallest absolute Gasteiger partial charge is 0.305 e. The van der Waals surface area contributed by atoms with Gasteiger partial charge in [-0.25, -0.2) is 8.42 Å². The molecule has 0 aromatic rings. The number of rotatable bonds is 7. The van der Waals surface area contributed by atoms with Gasteiger partial charge >= 0.3 is 5.97 Å². The van der Waals surface area contributed by atoms with Crippen LogP contribution in [0.15, 0.2) is 0 Å². The van der Waals surface area contributed by atoms with E-state index in [1.54, 1.807) is 0 Å². The van der Waals surface area contributed by atoms with Crippen molar-refractivity contribution in [3.63, 3.8) is 0 Å². The van der Waals surface area contributed by atoms with Crippen LogP contribution in [0.4, 0.5) is 0 Å².